The van der Waals surface area contributed by atoms with E-state index in [1.807, 2.05) is 6.07 Å². The minimum absolute atomic E-state index is 0.132. The number of nitrogens with two attached hydrogens (primary N) is 1. The van der Waals surface area contributed by atoms with Gasteiger partial charge in [0.05, 0.1) is 11.8 Å². The lowest BCUT2D eigenvalue weighted by Crippen LogP contribution is -2.18. The van der Waals surface area contributed by atoms with E-state index < -0.39 is 0 Å². The zero-order valence-corrected chi connectivity index (χ0v) is 9.29. The van der Waals surface area contributed by atoms with Crippen molar-refractivity contribution in [1.29, 1.82) is 0 Å². The first-order valence-corrected chi connectivity index (χ1v) is 5.10. The summed E-state index contributed by atoms with van der Waals surface area (Å²) in [6, 6.07) is 8.68. The van der Waals surface area contributed by atoms with Gasteiger partial charge in [-0.05, 0) is 12.1 Å². The molecule has 5 N–H and O–H groups in total. The summed E-state index contributed by atoms with van der Waals surface area (Å²) in [6.45, 7) is 0. The number of oxime groups is 1. The van der Waals surface area contributed by atoms with Crippen molar-refractivity contribution in [3.05, 3.63) is 47.7 Å². The normalized spacial score (nSPS) is 11.2. The van der Waals surface area contributed by atoms with Gasteiger partial charge in [0.15, 0.2) is 5.84 Å². The Morgan fingerprint density at radius 2 is 2.11 bits per heavy atom. The van der Waals surface area contributed by atoms with Crippen LogP contribution in [0.5, 0.6) is 0 Å². The first-order valence-electron chi connectivity index (χ1n) is 5.10. The molecule has 0 aliphatic heterocycles. The number of amidine groups is 1. The number of hydrogen-bond acceptors (Lipinski definition) is 4. The number of nitrogens with one attached hydrogen (secondary N) is 2. The lowest BCUT2D eigenvalue weighted by Gasteiger charge is -2.04. The van der Waals surface area contributed by atoms with Crippen LogP contribution in [0, 0.1) is 0 Å². The van der Waals surface area contributed by atoms with Crippen LogP contribution < -0.4 is 11.1 Å². The van der Waals surface area contributed by atoms with E-state index in [-0.39, 0.29) is 17.6 Å². The standard InChI is InChI=1S/C11H11N5O2/c12-9(16-18)8-6-13-15-10(8)14-11(17)7-4-2-1-3-5-7/h1-6,18H,(H2,12,16)(H2,13,14,15,17). The molecular weight excluding hydrogens is 234 g/mol. The molecule has 0 spiro atoms. The van der Waals surface area contributed by atoms with Gasteiger partial charge in [-0.3, -0.25) is 9.89 Å². The molecule has 0 aliphatic rings. The highest BCUT2D eigenvalue weighted by atomic mass is 16.4. The van der Waals surface area contributed by atoms with Crippen LogP contribution in [0.1, 0.15) is 15.9 Å². The van der Waals surface area contributed by atoms with Gasteiger partial charge in [0.2, 0.25) is 0 Å². The van der Waals surface area contributed by atoms with E-state index in [9.17, 15) is 4.79 Å². The number of nitrogens with zero attached hydrogens (tertiary/aromatic N) is 2. The summed E-state index contributed by atoms with van der Waals surface area (Å²) in [5.74, 6) is -0.168. The number of hydrogen-bond donors (Lipinski definition) is 4. The lowest BCUT2D eigenvalue weighted by atomic mass is 10.2. The van der Waals surface area contributed by atoms with E-state index in [1.165, 1.54) is 6.20 Å². The van der Waals surface area contributed by atoms with Crippen molar-refractivity contribution >= 4 is 17.6 Å². The van der Waals surface area contributed by atoms with E-state index >= 15 is 0 Å². The second-order valence-corrected chi connectivity index (χ2v) is 3.46. The zero-order chi connectivity index (χ0) is 13.0. The summed E-state index contributed by atoms with van der Waals surface area (Å²) in [5.41, 5.74) is 6.26. The van der Waals surface area contributed by atoms with Gasteiger partial charge in [0.25, 0.3) is 5.91 Å². The Morgan fingerprint density at radius 3 is 2.78 bits per heavy atom. The number of carbonyl (C=O) groups is 1. The van der Waals surface area contributed by atoms with Gasteiger partial charge in [0, 0.05) is 5.56 Å². The molecular formula is C11H11N5O2. The molecule has 0 radical (unpaired) electrons. The number of aromatic nitrogens is 2. The number of anilines is 1. The number of H-pyrrole nitrogens is 1. The van der Waals surface area contributed by atoms with E-state index in [1.54, 1.807) is 24.3 Å². The Balaban J connectivity index is 2.21. The van der Waals surface area contributed by atoms with Gasteiger partial charge >= 0.3 is 0 Å². The van der Waals surface area contributed by atoms with Crippen molar-refractivity contribution in [2.24, 2.45) is 10.9 Å². The molecule has 0 bridgehead atoms. The Bertz CT molecular complexity index is 576. The van der Waals surface area contributed by atoms with Crippen LogP contribution in [-0.4, -0.2) is 27.1 Å². The van der Waals surface area contributed by atoms with Gasteiger partial charge in [0.1, 0.15) is 5.82 Å². The molecule has 0 saturated heterocycles. The molecule has 1 heterocycles. The summed E-state index contributed by atoms with van der Waals surface area (Å²) in [4.78, 5) is 11.9. The molecule has 7 heteroatoms. The molecule has 1 aromatic heterocycles. The molecule has 2 rings (SSSR count). The lowest BCUT2D eigenvalue weighted by molar-refractivity contribution is 0.102. The van der Waals surface area contributed by atoms with Crippen LogP contribution in [0.2, 0.25) is 0 Å². The topological polar surface area (TPSA) is 116 Å². The molecule has 1 aromatic carbocycles. The maximum atomic E-state index is 11.9. The third-order valence-electron chi connectivity index (χ3n) is 2.30. The monoisotopic (exact) mass is 245 g/mol. The summed E-state index contributed by atoms with van der Waals surface area (Å²) in [7, 11) is 0. The van der Waals surface area contributed by atoms with Crippen LogP contribution in [0.25, 0.3) is 0 Å². The third-order valence-corrected chi connectivity index (χ3v) is 2.30. The first kappa shape index (κ1) is 11.6. The highest BCUT2D eigenvalue weighted by molar-refractivity contribution is 6.08. The second kappa shape index (κ2) is 5.00. The minimum atomic E-state index is -0.313. The van der Waals surface area contributed by atoms with Gasteiger partial charge in [-0.2, -0.15) is 5.10 Å². The number of aromatic amines is 1. The van der Waals surface area contributed by atoms with Crippen LogP contribution >= 0.6 is 0 Å². The molecule has 0 unspecified atom stereocenters. The van der Waals surface area contributed by atoms with Crippen molar-refractivity contribution in [2.45, 2.75) is 0 Å². The van der Waals surface area contributed by atoms with Gasteiger partial charge in [-0.25, -0.2) is 0 Å². The second-order valence-electron chi connectivity index (χ2n) is 3.46. The molecule has 7 nitrogen and oxygen atoms in total. The van der Waals surface area contributed by atoms with Crippen molar-refractivity contribution in [3.63, 3.8) is 0 Å². The van der Waals surface area contributed by atoms with E-state index in [0.717, 1.165) is 0 Å². The van der Waals surface area contributed by atoms with Crippen molar-refractivity contribution in [3.8, 4) is 0 Å². The average Bonchev–Trinajstić information content (AvgIpc) is 2.87. The van der Waals surface area contributed by atoms with Crippen LogP contribution in [0.15, 0.2) is 41.7 Å². The highest BCUT2D eigenvalue weighted by Crippen LogP contribution is 2.12. The molecule has 0 saturated carbocycles. The summed E-state index contributed by atoms with van der Waals surface area (Å²) >= 11 is 0. The SMILES string of the molecule is NC(=NO)c1cn[nH]c1NC(=O)c1ccccc1. The highest BCUT2D eigenvalue weighted by Gasteiger charge is 2.13. The maximum absolute atomic E-state index is 11.9. The number of rotatable bonds is 3. The fourth-order valence-corrected chi connectivity index (χ4v) is 1.40. The fraction of sp³-hybridized carbons (Fsp3) is 0. The summed E-state index contributed by atoms with van der Waals surface area (Å²) in [5, 5.41) is 20.3. The maximum Gasteiger partial charge on any atom is 0.256 e. The number of benzene rings is 1. The van der Waals surface area contributed by atoms with E-state index in [4.69, 9.17) is 10.9 Å². The molecule has 0 fully saturated rings. The minimum Gasteiger partial charge on any atom is -0.409 e. The fourth-order valence-electron chi connectivity index (χ4n) is 1.40. The molecule has 0 atom stereocenters. The smallest absolute Gasteiger partial charge is 0.256 e. The molecule has 0 aliphatic carbocycles. The summed E-state index contributed by atoms with van der Waals surface area (Å²) < 4.78 is 0. The van der Waals surface area contributed by atoms with Gasteiger partial charge < -0.3 is 16.3 Å². The quantitative estimate of drug-likeness (QED) is 0.276. The Kier molecular flexibility index (Phi) is 3.24. The van der Waals surface area contributed by atoms with Crippen molar-refractivity contribution in [1.82, 2.24) is 10.2 Å². The van der Waals surface area contributed by atoms with Crippen LogP contribution in [0.3, 0.4) is 0 Å². The van der Waals surface area contributed by atoms with Crippen LogP contribution in [-0.2, 0) is 0 Å². The van der Waals surface area contributed by atoms with Crippen LogP contribution in [0.4, 0.5) is 5.82 Å². The zero-order valence-electron chi connectivity index (χ0n) is 9.29. The predicted molar refractivity (Wildman–Crippen MR) is 65.5 cm³/mol. The van der Waals surface area contributed by atoms with E-state index in [2.05, 4.69) is 20.7 Å². The molecule has 2 aromatic rings. The number of carbonyl (C=O) groups excluding carboxylic acids is 1. The van der Waals surface area contributed by atoms with E-state index in [0.29, 0.717) is 11.1 Å². The Morgan fingerprint density at radius 1 is 1.39 bits per heavy atom. The van der Waals surface area contributed by atoms with Gasteiger partial charge in [-0.1, -0.05) is 23.4 Å². The Labute approximate surface area is 102 Å². The van der Waals surface area contributed by atoms with Gasteiger partial charge in [-0.15, -0.1) is 0 Å². The van der Waals surface area contributed by atoms with Crippen molar-refractivity contribution < 1.29 is 10.0 Å². The number of amides is 1. The summed E-state index contributed by atoms with van der Waals surface area (Å²) in [6.07, 6.45) is 1.36. The molecule has 1 amide bonds. The van der Waals surface area contributed by atoms with Crippen molar-refractivity contribution in [2.75, 3.05) is 5.32 Å². The molecule has 92 valence electrons. The average molecular weight is 245 g/mol. The first-order chi connectivity index (χ1) is 8.72. The predicted octanol–water partition coefficient (Wildman–Crippen LogP) is 0.756. The Hall–Kier alpha value is -2.83. The third kappa shape index (κ3) is 2.29. The largest absolute Gasteiger partial charge is 0.409 e. The molecule has 18 heavy (non-hydrogen) atoms.